The van der Waals surface area contributed by atoms with Crippen molar-refractivity contribution in [1.29, 1.82) is 0 Å². The van der Waals surface area contributed by atoms with Gasteiger partial charge in [0.15, 0.2) is 0 Å². The SMILES string of the molecule is CC(C)(C)OC(=O)N1CCC2(CCN(C(=O)OCc3ccccc3)C2)CC1. The summed E-state index contributed by atoms with van der Waals surface area (Å²) in [5.41, 5.74) is 0.619. The van der Waals surface area contributed by atoms with Gasteiger partial charge in [0.25, 0.3) is 0 Å². The third-order valence-electron chi connectivity index (χ3n) is 5.38. The van der Waals surface area contributed by atoms with Crippen molar-refractivity contribution < 1.29 is 19.1 Å². The smallest absolute Gasteiger partial charge is 0.410 e. The van der Waals surface area contributed by atoms with E-state index >= 15 is 0 Å². The summed E-state index contributed by atoms with van der Waals surface area (Å²) >= 11 is 0. The van der Waals surface area contributed by atoms with E-state index in [1.54, 1.807) is 4.90 Å². The number of amides is 2. The fraction of sp³-hybridized carbons (Fsp3) is 0.619. The molecule has 0 aliphatic carbocycles. The van der Waals surface area contributed by atoms with Gasteiger partial charge < -0.3 is 19.3 Å². The van der Waals surface area contributed by atoms with Gasteiger partial charge in [-0.1, -0.05) is 30.3 Å². The standard InChI is InChI=1S/C21H30N2O4/c1-20(2,3)27-19(25)22-12-9-21(10-13-22)11-14-23(16-21)18(24)26-15-17-7-5-4-6-8-17/h4-8H,9-16H2,1-3H3. The number of ether oxygens (including phenoxy) is 2. The Kier molecular flexibility index (Phi) is 5.63. The van der Waals surface area contributed by atoms with Crippen LogP contribution in [0.1, 0.15) is 45.6 Å². The first-order valence-electron chi connectivity index (χ1n) is 9.70. The molecule has 148 valence electrons. The van der Waals surface area contributed by atoms with E-state index in [-0.39, 0.29) is 17.6 Å². The van der Waals surface area contributed by atoms with Gasteiger partial charge in [-0.3, -0.25) is 0 Å². The molecule has 0 atom stereocenters. The van der Waals surface area contributed by atoms with Crippen LogP contribution in [0.25, 0.3) is 0 Å². The number of carbonyl (C=O) groups excluding carboxylic acids is 2. The molecule has 2 fully saturated rings. The summed E-state index contributed by atoms with van der Waals surface area (Å²) in [4.78, 5) is 28.2. The van der Waals surface area contributed by atoms with Gasteiger partial charge in [-0.15, -0.1) is 0 Å². The maximum Gasteiger partial charge on any atom is 0.410 e. The number of carbonyl (C=O) groups is 2. The van der Waals surface area contributed by atoms with Crippen molar-refractivity contribution >= 4 is 12.2 Å². The molecule has 1 aromatic carbocycles. The van der Waals surface area contributed by atoms with Gasteiger partial charge in [0.2, 0.25) is 0 Å². The van der Waals surface area contributed by atoms with Crippen LogP contribution in [0, 0.1) is 5.41 Å². The molecule has 2 saturated heterocycles. The highest BCUT2D eigenvalue weighted by Gasteiger charge is 2.43. The Balaban J connectivity index is 1.46. The average molecular weight is 374 g/mol. The van der Waals surface area contributed by atoms with Crippen LogP contribution in [0.15, 0.2) is 30.3 Å². The van der Waals surface area contributed by atoms with Gasteiger partial charge in [-0.25, -0.2) is 9.59 Å². The molecule has 3 rings (SSSR count). The molecule has 0 radical (unpaired) electrons. The van der Waals surface area contributed by atoms with Gasteiger partial charge >= 0.3 is 12.2 Å². The largest absolute Gasteiger partial charge is 0.445 e. The summed E-state index contributed by atoms with van der Waals surface area (Å²) in [6, 6.07) is 9.72. The summed E-state index contributed by atoms with van der Waals surface area (Å²) in [5, 5.41) is 0. The molecule has 0 N–H and O–H groups in total. The lowest BCUT2D eigenvalue weighted by molar-refractivity contribution is 0.0106. The van der Waals surface area contributed by atoms with Crippen LogP contribution in [0.5, 0.6) is 0 Å². The fourth-order valence-electron chi connectivity index (χ4n) is 3.80. The molecular weight excluding hydrogens is 344 g/mol. The molecule has 27 heavy (non-hydrogen) atoms. The molecule has 0 bridgehead atoms. The Morgan fingerprint density at radius 3 is 2.15 bits per heavy atom. The molecule has 0 unspecified atom stereocenters. The quantitative estimate of drug-likeness (QED) is 0.784. The van der Waals surface area contributed by atoms with E-state index in [0.29, 0.717) is 26.2 Å². The zero-order chi connectivity index (χ0) is 19.5. The van der Waals surface area contributed by atoms with E-state index in [1.807, 2.05) is 56.0 Å². The van der Waals surface area contributed by atoms with Crippen molar-refractivity contribution in [2.75, 3.05) is 26.2 Å². The minimum atomic E-state index is -0.473. The molecular formula is C21H30N2O4. The molecule has 2 heterocycles. The minimum Gasteiger partial charge on any atom is -0.445 e. The van der Waals surface area contributed by atoms with Gasteiger partial charge in [0.1, 0.15) is 12.2 Å². The van der Waals surface area contributed by atoms with Crippen LogP contribution >= 0.6 is 0 Å². The summed E-state index contributed by atoms with van der Waals surface area (Å²) < 4.78 is 10.9. The molecule has 0 saturated carbocycles. The summed E-state index contributed by atoms with van der Waals surface area (Å²) in [5.74, 6) is 0. The lowest BCUT2D eigenvalue weighted by Crippen LogP contribution is -2.46. The number of hydrogen-bond donors (Lipinski definition) is 0. The number of nitrogens with zero attached hydrogens (tertiary/aromatic N) is 2. The Morgan fingerprint density at radius 2 is 1.56 bits per heavy atom. The number of hydrogen-bond acceptors (Lipinski definition) is 4. The van der Waals surface area contributed by atoms with Crippen LogP contribution in [0.3, 0.4) is 0 Å². The average Bonchev–Trinajstić information content (AvgIpc) is 3.03. The number of rotatable bonds is 2. The van der Waals surface area contributed by atoms with Crippen LogP contribution in [0.4, 0.5) is 9.59 Å². The van der Waals surface area contributed by atoms with Crippen molar-refractivity contribution in [2.24, 2.45) is 5.41 Å². The second-order valence-electron chi connectivity index (χ2n) is 8.68. The van der Waals surface area contributed by atoms with Crippen molar-refractivity contribution in [3.63, 3.8) is 0 Å². The van der Waals surface area contributed by atoms with E-state index in [1.165, 1.54) is 0 Å². The zero-order valence-electron chi connectivity index (χ0n) is 16.6. The number of likely N-dealkylation sites (tertiary alicyclic amines) is 2. The van der Waals surface area contributed by atoms with Crippen LogP contribution < -0.4 is 0 Å². The van der Waals surface area contributed by atoms with E-state index in [4.69, 9.17) is 9.47 Å². The lowest BCUT2D eigenvalue weighted by Gasteiger charge is -2.39. The second-order valence-corrected chi connectivity index (χ2v) is 8.68. The summed E-state index contributed by atoms with van der Waals surface area (Å²) in [6.45, 7) is 8.74. The molecule has 6 nitrogen and oxygen atoms in total. The maximum atomic E-state index is 12.4. The molecule has 2 aliphatic rings. The highest BCUT2D eigenvalue weighted by molar-refractivity contribution is 5.69. The fourth-order valence-corrected chi connectivity index (χ4v) is 3.80. The van der Waals surface area contributed by atoms with E-state index in [2.05, 4.69) is 0 Å². The van der Waals surface area contributed by atoms with Crippen molar-refractivity contribution in [3.05, 3.63) is 35.9 Å². The zero-order valence-corrected chi connectivity index (χ0v) is 16.6. The second kappa shape index (κ2) is 7.79. The van der Waals surface area contributed by atoms with Crippen LogP contribution in [-0.4, -0.2) is 53.8 Å². The van der Waals surface area contributed by atoms with E-state index < -0.39 is 5.60 Å². The van der Waals surface area contributed by atoms with Crippen molar-refractivity contribution in [3.8, 4) is 0 Å². The Morgan fingerprint density at radius 1 is 0.963 bits per heavy atom. The van der Waals surface area contributed by atoms with Crippen molar-refractivity contribution in [1.82, 2.24) is 9.80 Å². The molecule has 0 aromatic heterocycles. The molecule has 1 spiro atoms. The van der Waals surface area contributed by atoms with E-state index in [9.17, 15) is 9.59 Å². The minimum absolute atomic E-state index is 0.101. The lowest BCUT2D eigenvalue weighted by atomic mass is 9.78. The molecule has 2 amide bonds. The summed E-state index contributed by atoms with van der Waals surface area (Å²) in [7, 11) is 0. The normalized spacial score (nSPS) is 19.2. The first kappa shape index (κ1) is 19.5. The molecule has 2 aliphatic heterocycles. The highest BCUT2D eigenvalue weighted by Crippen LogP contribution is 2.40. The first-order valence-corrected chi connectivity index (χ1v) is 9.70. The Labute approximate surface area is 161 Å². The third-order valence-corrected chi connectivity index (χ3v) is 5.38. The first-order chi connectivity index (χ1) is 12.8. The van der Waals surface area contributed by atoms with Gasteiger partial charge in [-0.05, 0) is 51.0 Å². The predicted octanol–water partition coefficient (Wildman–Crippen LogP) is 4.05. The topological polar surface area (TPSA) is 59.1 Å². The monoisotopic (exact) mass is 374 g/mol. The molecule has 1 aromatic rings. The summed E-state index contributed by atoms with van der Waals surface area (Å²) in [6.07, 6.45) is 2.28. The number of piperidine rings is 1. The van der Waals surface area contributed by atoms with Crippen LogP contribution in [0.2, 0.25) is 0 Å². The molecule has 6 heteroatoms. The van der Waals surface area contributed by atoms with Crippen LogP contribution in [-0.2, 0) is 16.1 Å². The third kappa shape index (κ3) is 5.15. The Hall–Kier alpha value is -2.24. The van der Waals surface area contributed by atoms with Gasteiger partial charge in [0, 0.05) is 26.2 Å². The van der Waals surface area contributed by atoms with Gasteiger partial charge in [-0.2, -0.15) is 0 Å². The highest BCUT2D eigenvalue weighted by atomic mass is 16.6. The van der Waals surface area contributed by atoms with E-state index in [0.717, 1.165) is 31.4 Å². The Bertz CT molecular complexity index is 661. The maximum absolute atomic E-state index is 12.4. The number of benzene rings is 1. The van der Waals surface area contributed by atoms with Gasteiger partial charge in [0.05, 0.1) is 0 Å². The van der Waals surface area contributed by atoms with Crippen molar-refractivity contribution in [2.45, 2.75) is 52.2 Å². The predicted molar refractivity (Wildman–Crippen MR) is 102 cm³/mol.